The first-order chi connectivity index (χ1) is 17.1. The molecule has 0 saturated carbocycles. The van der Waals surface area contributed by atoms with Gasteiger partial charge in [0.2, 0.25) is 0 Å². The fraction of sp³-hybridized carbons (Fsp3) is 0.111. The molecule has 0 radical (unpaired) electrons. The highest BCUT2D eigenvalue weighted by Crippen LogP contribution is 2.53. The first-order valence-corrected chi connectivity index (χ1v) is 10.6. The van der Waals surface area contributed by atoms with Crippen LogP contribution in [0.15, 0.2) is 97.1 Å². The molecule has 186 valence electrons. The molecule has 0 heterocycles. The zero-order valence-corrected chi connectivity index (χ0v) is 18.5. The first kappa shape index (κ1) is 25.0. The van der Waals surface area contributed by atoms with Gasteiger partial charge in [0.1, 0.15) is 23.0 Å². The van der Waals surface area contributed by atoms with Crippen molar-refractivity contribution in [1.29, 1.82) is 0 Å². The van der Waals surface area contributed by atoms with Gasteiger partial charge in [-0.3, -0.25) is 0 Å². The van der Waals surface area contributed by atoms with E-state index >= 15 is 8.78 Å². The molecule has 0 aromatic heterocycles. The Bertz CT molecular complexity index is 1330. The van der Waals surface area contributed by atoms with Gasteiger partial charge in [0, 0.05) is 22.4 Å². The molecular formula is C27H19F6NO2. The van der Waals surface area contributed by atoms with Crippen molar-refractivity contribution in [3.63, 3.8) is 0 Å². The predicted molar refractivity (Wildman–Crippen MR) is 124 cm³/mol. The summed E-state index contributed by atoms with van der Waals surface area (Å²) in [7, 11) is 0. The average molecular weight is 503 g/mol. The molecule has 0 unspecified atom stereocenters. The van der Waals surface area contributed by atoms with E-state index in [1.165, 1.54) is 48.5 Å². The van der Waals surface area contributed by atoms with E-state index in [9.17, 15) is 17.6 Å². The van der Waals surface area contributed by atoms with Gasteiger partial charge in [0.15, 0.2) is 0 Å². The maximum atomic E-state index is 15.1. The van der Waals surface area contributed by atoms with E-state index in [1.54, 1.807) is 36.4 Å². The maximum Gasteiger partial charge on any atom is 0.373 e. The summed E-state index contributed by atoms with van der Waals surface area (Å²) < 4.78 is 96.3. The molecule has 9 heteroatoms. The van der Waals surface area contributed by atoms with Crippen molar-refractivity contribution in [2.45, 2.75) is 18.3 Å². The number of para-hydroxylation sites is 2. The van der Waals surface area contributed by atoms with Crippen LogP contribution in [0.3, 0.4) is 0 Å². The molecule has 3 nitrogen and oxygen atoms in total. The molecule has 4 aromatic carbocycles. The van der Waals surface area contributed by atoms with Gasteiger partial charge >= 0.3 is 18.3 Å². The zero-order valence-electron chi connectivity index (χ0n) is 18.5. The summed E-state index contributed by atoms with van der Waals surface area (Å²) in [6.45, 7) is 0. The molecule has 0 saturated heterocycles. The number of hydrogen-bond acceptors (Lipinski definition) is 3. The van der Waals surface area contributed by atoms with Crippen molar-refractivity contribution in [2.24, 2.45) is 0 Å². The minimum Gasteiger partial charge on any atom is -0.457 e. The Labute approximate surface area is 202 Å². The topological polar surface area (TPSA) is 44.5 Å². The molecule has 0 amide bonds. The van der Waals surface area contributed by atoms with Crippen LogP contribution in [0.1, 0.15) is 5.56 Å². The van der Waals surface area contributed by atoms with Gasteiger partial charge in [-0.2, -0.15) is 17.6 Å². The van der Waals surface area contributed by atoms with E-state index in [0.717, 1.165) is 6.07 Å². The van der Waals surface area contributed by atoms with Crippen LogP contribution in [0, 0.1) is 0 Å². The Morgan fingerprint density at radius 3 is 1.83 bits per heavy atom. The molecule has 0 bridgehead atoms. The van der Waals surface area contributed by atoms with Crippen LogP contribution in [0.2, 0.25) is 0 Å². The molecule has 0 spiro atoms. The van der Waals surface area contributed by atoms with Gasteiger partial charge in [-0.25, -0.2) is 8.78 Å². The predicted octanol–water partition coefficient (Wildman–Crippen LogP) is 8.51. The number of halogens is 6. The standard InChI is InChI=1S/C27H19F6NO2/c28-25(29)27(32,33)26(30,31)21-10-6-12-23(36-18-7-2-1-3-8-18)24(21)20-9-4-5-11-22(20)35-19-15-13-17(34)14-16-19/h1-16,25H,34H2. The van der Waals surface area contributed by atoms with E-state index in [4.69, 9.17) is 15.2 Å². The fourth-order valence-corrected chi connectivity index (χ4v) is 3.51. The van der Waals surface area contributed by atoms with Gasteiger partial charge < -0.3 is 15.2 Å². The van der Waals surface area contributed by atoms with Crippen molar-refractivity contribution in [3.8, 4) is 34.1 Å². The molecule has 0 aliphatic carbocycles. The van der Waals surface area contributed by atoms with Crippen LogP contribution in [-0.2, 0) is 5.92 Å². The van der Waals surface area contributed by atoms with Crippen LogP contribution in [-0.4, -0.2) is 12.3 Å². The third kappa shape index (κ3) is 4.82. The summed E-state index contributed by atoms with van der Waals surface area (Å²) in [5, 5.41) is 0. The smallest absolute Gasteiger partial charge is 0.373 e. The number of nitrogen functional groups attached to an aromatic ring is 1. The van der Waals surface area contributed by atoms with E-state index in [1.807, 2.05) is 0 Å². The van der Waals surface area contributed by atoms with Crippen molar-refractivity contribution < 1.29 is 35.8 Å². The van der Waals surface area contributed by atoms with Gasteiger partial charge in [0.05, 0.1) is 0 Å². The van der Waals surface area contributed by atoms with Gasteiger partial charge in [0.25, 0.3) is 0 Å². The normalized spacial score (nSPS) is 12.0. The van der Waals surface area contributed by atoms with Crippen LogP contribution in [0.5, 0.6) is 23.0 Å². The largest absolute Gasteiger partial charge is 0.457 e. The summed E-state index contributed by atoms with van der Waals surface area (Å²) in [6.07, 6.45) is -4.61. The number of nitrogens with two attached hydrogens (primary N) is 1. The highest BCUT2D eigenvalue weighted by molar-refractivity contribution is 5.80. The Morgan fingerprint density at radius 2 is 1.17 bits per heavy atom. The Balaban J connectivity index is 1.93. The van der Waals surface area contributed by atoms with Crippen molar-refractivity contribution >= 4 is 5.69 Å². The van der Waals surface area contributed by atoms with E-state index in [2.05, 4.69) is 0 Å². The Hall–Kier alpha value is -4.14. The van der Waals surface area contributed by atoms with Crippen LogP contribution < -0.4 is 15.2 Å². The third-order valence-electron chi connectivity index (χ3n) is 5.29. The quantitative estimate of drug-likeness (QED) is 0.194. The minimum atomic E-state index is -5.65. The monoisotopic (exact) mass is 503 g/mol. The van der Waals surface area contributed by atoms with Gasteiger partial charge in [-0.05, 0) is 48.5 Å². The zero-order chi connectivity index (χ0) is 25.9. The molecule has 4 aromatic rings. The van der Waals surface area contributed by atoms with Crippen LogP contribution in [0.25, 0.3) is 11.1 Å². The average Bonchev–Trinajstić information content (AvgIpc) is 2.86. The van der Waals surface area contributed by atoms with E-state index in [0.29, 0.717) is 11.8 Å². The number of anilines is 1. The lowest BCUT2D eigenvalue weighted by molar-refractivity contribution is -0.270. The fourth-order valence-electron chi connectivity index (χ4n) is 3.51. The lowest BCUT2D eigenvalue weighted by Gasteiger charge is -2.29. The Kier molecular flexibility index (Phi) is 6.83. The number of benzene rings is 4. The van der Waals surface area contributed by atoms with Gasteiger partial charge in [-0.15, -0.1) is 0 Å². The number of hydrogen-bond donors (Lipinski definition) is 1. The summed E-state index contributed by atoms with van der Waals surface area (Å²) in [6, 6.07) is 22.9. The van der Waals surface area contributed by atoms with Crippen LogP contribution >= 0.6 is 0 Å². The van der Waals surface area contributed by atoms with Gasteiger partial charge in [-0.1, -0.05) is 48.5 Å². The summed E-state index contributed by atoms with van der Waals surface area (Å²) >= 11 is 0. The Morgan fingerprint density at radius 1 is 0.611 bits per heavy atom. The molecule has 0 aliphatic rings. The minimum absolute atomic E-state index is 0.00352. The molecule has 36 heavy (non-hydrogen) atoms. The molecule has 0 fully saturated rings. The lowest BCUT2D eigenvalue weighted by Crippen LogP contribution is -2.44. The van der Waals surface area contributed by atoms with Crippen molar-refractivity contribution in [2.75, 3.05) is 5.73 Å². The SMILES string of the molecule is Nc1ccc(Oc2ccccc2-c2c(Oc3ccccc3)cccc2C(F)(F)C(F)(F)C(F)F)cc1. The van der Waals surface area contributed by atoms with Crippen LogP contribution in [0.4, 0.5) is 32.0 Å². The molecule has 0 aliphatic heterocycles. The summed E-state index contributed by atoms with van der Waals surface area (Å²) in [4.78, 5) is 0. The summed E-state index contributed by atoms with van der Waals surface area (Å²) in [5.41, 5.74) is 4.21. The first-order valence-electron chi connectivity index (χ1n) is 10.6. The van der Waals surface area contributed by atoms with Crippen molar-refractivity contribution in [3.05, 3.63) is 103 Å². The second kappa shape index (κ2) is 9.85. The lowest BCUT2D eigenvalue weighted by atomic mass is 9.91. The number of ether oxygens (including phenoxy) is 2. The number of rotatable bonds is 8. The maximum absolute atomic E-state index is 15.1. The molecular weight excluding hydrogens is 484 g/mol. The van der Waals surface area contributed by atoms with E-state index < -0.39 is 29.4 Å². The molecule has 4 rings (SSSR count). The van der Waals surface area contributed by atoms with Crippen molar-refractivity contribution in [1.82, 2.24) is 0 Å². The third-order valence-corrected chi connectivity index (χ3v) is 5.29. The molecule has 2 N–H and O–H groups in total. The number of alkyl halides is 6. The highest BCUT2D eigenvalue weighted by atomic mass is 19.3. The summed E-state index contributed by atoms with van der Waals surface area (Å²) in [5.74, 6) is -10.7. The second-order valence-electron chi connectivity index (χ2n) is 7.76. The highest BCUT2D eigenvalue weighted by Gasteiger charge is 2.64. The van der Waals surface area contributed by atoms with E-state index in [-0.39, 0.29) is 28.6 Å². The second-order valence-corrected chi connectivity index (χ2v) is 7.76. The molecule has 0 atom stereocenters.